The van der Waals surface area contributed by atoms with Crippen LogP contribution in [0.25, 0.3) is 10.2 Å². The van der Waals surface area contributed by atoms with Gasteiger partial charge >= 0.3 is 5.97 Å². The lowest BCUT2D eigenvalue weighted by Crippen LogP contribution is -2.31. The number of anilines is 1. The number of hydrogen-bond acceptors (Lipinski definition) is 6. The molecule has 4 rings (SSSR count). The van der Waals surface area contributed by atoms with Gasteiger partial charge in [0.2, 0.25) is 5.28 Å². The average Bonchev–Trinajstić information content (AvgIpc) is 3.14. The van der Waals surface area contributed by atoms with Crippen LogP contribution in [0.4, 0.5) is 5.82 Å². The molecule has 0 spiro atoms. The van der Waals surface area contributed by atoms with Gasteiger partial charge in [0.05, 0.1) is 12.0 Å². The van der Waals surface area contributed by atoms with E-state index in [1.165, 1.54) is 16.9 Å². The van der Waals surface area contributed by atoms with Crippen molar-refractivity contribution in [1.29, 1.82) is 0 Å². The molecule has 2 aromatic heterocycles. The first-order valence-electron chi connectivity index (χ1n) is 10.9. The highest BCUT2D eigenvalue weighted by molar-refractivity contribution is 7.20. The Kier molecular flexibility index (Phi) is 7.26. The van der Waals surface area contributed by atoms with Gasteiger partial charge in [-0.2, -0.15) is 4.98 Å². The number of aromatic nitrogens is 2. The number of hydrogen-bond donors (Lipinski definition) is 0. The molecule has 0 amide bonds. The number of carbonyl (C=O) groups excluding carboxylic acids is 1. The molecular formula is C26H26ClN3O2S. The van der Waals surface area contributed by atoms with Crippen LogP contribution in [-0.4, -0.2) is 28.6 Å². The van der Waals surface area contributed by atoms with Gasteiger partial charge in [-0.1, -0.05) is 60.7 Å². The molecule has 0 aliphatic heterocycles. The quantitative estimate of drug-likeness (QED) is 0.214. The Morgan fingerprint density at radius 3 is 2.30 bits per heavy atom. The number of esters is 1. The van der Waals surface area contributed by atoms with E-state index in [1.54, 1.807) is 0 Å². The summed E-state index contributed by atoms with van der Waals surface area (Å²) < 4.78 is 5.59. The van der Waals surface area contributed by atoms with Crippen molar-refractivity contribution in [2.75, 3.05) is 11.5 Å². The van der Waals surface area contributed by atoms with Crippen LogP contribution in [0, 0.1) is 6.92 Å². The standard InChI is InChI=1S/C26H26ClN3O2S/c1-17(2)30(16-20-12-8-5-9-13-20)23-21-18(3)22(33-24(21)29-26(27)28-23)25(31)32-15-14-19-10-6-4-7-11-19/h4-13,17H,14-16H2,1-3H3. The van der Waals surface area contributed by atoms with E-state index in [1.807, 2.05) is 55.5 Å². The molecule has 0 N–H and O–H groups in total. The Labute approximate surface area is 203 Å². The van der Waals surface area contributed by atoms with Gasteiger partial charge in [-0.25, -0.2) is 9.78 Å². The number of halogens is 1. The SMILES string of the molecule is Cc1c(C(=O)OCCc2ccccc2)sc2nc(Cl)nc(N(Cc3ccccc3)C(C)C)c12. The Bertz CT molecular complexity index is 1240. The number of ether oxygens (including phenoxy) is 1. The van der Waals surface area contributed by atoms with E-state index in [0.29, 0.717) is 29.3 Å². The predicted octanol–water partition coefficient (Wildman–Crippen LogP) is 6.47. The molecule has 33 heavy (non-hydrogen) atoms. The third kappa shape index (κ3) is 5.34. The van der Waals surface area contributed by atoms with E-state index in [0.717, 1.165) is 22.3 Å². The summed E-state index contributed by atoms with van der Waals surface area (Å²) in [6.45, 7) is 7.15. The lowest BCUT2D eigenvalue weighted by atomic mass is 10.1. The number of rotatable bonds is 8. The molecule has 0 bridgehead atoms. The molecule has 0 atom stereocenters. The van der Waals surface area contributed by atoms with Crippen molar-refractivity contribution >= 4 is 44.9 Å². The highest BCUT2D eigenvalue weighted by Gasteiger charge is 2.25. The zero-order valence-electron chi connectivity index (χ0n) is 18.9. The van der Waals surface area contributed by atoms with Gasteiger partial charge in [0.15, 0.2) is 0 Å². The maximum Gasteiger partial charge on any atom is 0.348 e. The van der Waals surface area contributed by atoms with Gasteiger partial charge in [0.1, 0.15) is 15.5 Å². The summed E-state index contributed by atoms with van der Waals surface area (Å²) in [6.07, 6.45) is 0.672. The first-order valence-corrected chi connectivity index (χ1v) is 12.1. The van der Waals surface area contributed by atoms with Gasteiger partial charge in [0, 0.05) is 19.0 Å². The van der Waals surface area contributed by atoms with Crippen molar-refractivity contribution in [3.63, 3.8) is 0 Å². The van der Waals surface area contributed by atoms with Crippen LogP contribution in [0.15, 0.2) is 60.7 Å². The second-order valence-corrected chi connectivity index (χ2v) is 9.47. The van der Waals surface area contributed by atoms with E-state index < -0.39 is 0 Å². The minimum Gasteiger partial charge on any atom is -0.461 e. The Morgan fingerprint density at radius 2 is 1.67 bits per heavy atom. The lowest BCUT2D eigenvalue weighted by molar-refractivity contribution is 0.0514. The van der Waals surface area contributed by atoms with Crippen LogP contribution in [0.2, 0.25) is 5.28 Å². The van der Waals surface area contributed by atoms with Gasteiger partial charge in [-0.05, 0) is 49.1 Å². The maximum atomic E-state index is 12.9. The first kappa shape index (κ1) is 23.2. The average molecular weight is 480 g/mol. The fourth-order valence-electron chi connectivity index (χ4n) is 3.75. The summed E-state index contributed by atoms with van der Waals surface area (Å²) >= 11 is 7.62. The van der Waals surface area contributed by atoms with Crippen LogP contribution in [0.1, 0.15) is 40.2 Å². The van der Waals surface area contributed by atoms with E-state index in [9.17, 15) is 4.79 Å². The minimum absolute atomic E-state index is 0.167. The van der Waals surface area contributed by atoms with Crippen molar-refractivity contribution in [3.05, 3.63) is 87.5 Å². The zero-order valence-corrected chi connectivity index (χ0v) is 20.5. The zero-order chi connectivity index (χ0) is 23.4. The van der Waals surface area contributed by atoms with E-state index in [-0.39, 0.29) is 17.3 Å². The number of nitrogens with zero attached hydrogens (tertiary/aromatic N) is 3. The van der Waals surface area contributed by atoms with Crippen LogP contribution < -0.4 is 4.90 Å². The number of aryl methyl sites for hydroxylation is 1. The highest BCUT2D eigenvalue weighted by Crippen LogP contribution is 2.37. The molecule has 0 fully saturated rings. The number of benzene rings is 2. The Morgan fingerprint density at radius 1 is 1.03 bits per heavy atom. The summed E-state index contributed by atoms with van der Waals surface area (Å²) in [6, 6.07) is 20.4. The van der Waals surface area contributed by atoms with Crippen molar-refractivity contribution in [1.82, 2.24) is 9.97 Å². The van der Waals surface area contributed by atoms with Crippen molar-refractivity contribution in [3.8, 4) is 0 Å². The molecule has 0 unspecified atom stereocenters. The Hall–Kier alpha value is -2.96. The first-order chi connectivity index (χ1) is 15.9. The molecular weight excluding hydrogens is 454 g/mol. The number of thiophene rings is 1. The van der Waals surface area contributed by atoms with E-state index >= 15 is 0 Å². The van der Waals surface area contributed by atoms with Crippen LogP contribution in [0.3, 0.4) is 0 Å². The topological polar surface area (TPSA) is 55.3 Å². The number of fused-ring (bicyclic) bond motifs is 1. The molecule has 0 aliphatic rings. The summed E-state index contributed by atoms with van der Waals surface area (Å²) in [5.41, 5.74) is 3.12. The van der Waals surface area contributed by atoms with Crippen molar-refractivity contribution < 1.29 is 9.53 Å². The molecule has 0 saturated heterocycles. The second-order valence-electron chi connectivity index (χ2n) is 8.13. The van der Waals surface area contributed by atoms with Crippen LogP contribution >= 0.6 is 22.9 Å². The minimum atomic E-state index is -0.340. The van der Waals surface area contributed by atoms with Crippen LogP contribution in [0.5, 0.6) is 0 Å². The van der Waals surface area contributed by atoms with E-state index in [4.69, 9.17) is 16.3 Å². The predicted molar refractivity (Wildman–Crippen MR) is 135 cm³/mol. The van der Waals surface area contributed by atoms with Crippen molar-refractivity contribution in [2.24, 2.45) is 0 Å². The largest absolute Gasteiger partial charge is 0.461 e. The van der Waals surface area contributed by atoms with Gasteiger partial charge in [0.25, 0.3) is 0 Å². The molecule has 2 heterocycles. The monoisotopic (exact) mass is 479 g/mol. The number of carbonyl (C=O) groups is 1. The van der Waals surface area contributed by atoms with Gasteiger partial charge in [-0.3, -0.25) is 0 Å². The summed E-state index contributed by atoms with van der Waals surface area (Å²) in [7, 11) is 0. The molecule has 170 valence electrons. The second kappa shape index (κ2) is 10.3. The molecule has 2 aromatic carbocycles. The normalized spacial score (nSPS) is 11.2. The van der Waals surface area contributed by atoms with Crippen LogP contribution in [-0.2, 0) is 17.7 Å². The van der Waals surface area contributed by atoms with E-state index in [2.05, 4.69) is 40.8 Å². The molecule has 0 saturated carbocycles. The third-order valence-corrected chi connectivity index (χ3v) is 6.82. The Balaban J connectivity index is 1.63. The fraction of sp³-hybridized carbons (Fsp3) is 0.269. The van der Waals surface area contributed by atoms with Crippen molar-refractivity contribution in [2.45, 2.75) is 39.8 Å². The van der Waals surface area contributed by atoms with Gasteiger partial charge < -0.3 is 9.64 Å². The summed E-state index contributed by atoms with van der Waals surface area (Å²) in [5.74, 6) is 0.397. The third-order valence-electron chi connectivity index (χ3n) is 5.49. The molecule has 5 nitrogen and oxygen atoms in total. The smallest absolute Gasteiger partial charge is 0.348 e. The molecule has 4 aromatic rings. The molecule has 0 radical (unpaired) electrons. The molecule has 7 heteroatoms. The summed E-state index contributed by atoms with van der Waals surface area (Å²) in [4.78, 5) is 25.3. The molecule has 0 aliphatic carbocycles. The van der Waals surface area contributed by atoms with Gasteiger partial charge in [-0.15, -0.1) is 11.3 Å². The summed E-state index contributed by atoms with van der Waals surface area (Å²) in [5, 5.41) is 1.02. The fourth-order valence-corrected chi connectivity index (χ4v) is 5.03. The lowest BCUT2D eigenvalue weighted by Gasteiger charge is -2.29. The maximum absolute atomic E-state index is 12.9. The highest BCUT2D eigenvalue weighted by atomic mass is 35.5.